The molecular weight excluding hydrogens is 599 g/mol. The molecule has 4 heteroatoms. The first-order chi connectivity index (χ1) is 24.2. The topological polar surface area (TPSA) is 50.9 Å². The van der Waals surface area contributed by atoms with E-state index in [0.29, 0.717) is 11.4 Å². The van der Waals surface area contributed by atoms with Crippen LogP contribution in [0.4, 0.5) is 0 Å². The van der Waals surface area contributed by atoms with E-state index in [-0.39, 0.29) is 0 Å². The number of phenolic OH excluding ortho intramolecular Hbond substituents is 1. The van der Waals surface area contributed by atoms with Crippen LogP contribution in [-0.4, -0.2) is 20.1 Å². The maximum Gasteiger partial charge on any atom is 0.146 e. The maximum atomic E-state index is 11.0. The number of nitrogens with zero attached hydrogens (tertiary/aromatic N) is 3. The third-order valence-electron chi connectivity index (χ3n) is 10.6. The second-order valence-corrected chi connectivity index (χ2v) is 15.3. The fourth-order valence-electron chi connectivity index (χ4n) is 7.48. The van der Waals surface area contributed by atoms with Gasteiger partial charge in [0.05, 0.1) is 0 Å². The molecular formula is C45H75N3O. The number of aromatic hydroxyl groups is 1. The first-order valence-corrected chi connectivity index (χ1v) is 21.3. The summed E-state index contributed by atoms with van der Waals surface area (Å²) in [6, 6.07) is 11.9. The molecule has 4 nitrogen and oxygen atoms in total. The van der Waals surface area contributed by atoms with Crippen LogP contribution in [0.25, 0.3) is 16.7 Å². The lowest BCUT2D eigenvalue weighted by molar-refractivity contribution is 0.458. The standard InChI is InChI=1S/C45H75N3O/c1-3-4-5-6-7-8-9-10-11-12-13-14-15-16-17-18-19-20-21-22-23-24-25-26-27-28-29-30-31-32-35-41-38-40(2)39-44(45(41)49)48-46-42-36-33-34-37-43(42)47-48/h33-34,36-39,49H,3-32,35H2,1-2H3. The van der Waals surface area contributed by atoms with Crippen LogP contribution in [0.2, 0.25) is 0 Å². The Labute approximate surface area is 302 Å². The van der Waals surface area contributed by atoms with Gasteiger partial charge >= 0.3 is 0 Å². The van der Waals surface area contributed by atoms with Crippen LogP contribution in [0, 0.1) is 6.92 Å². The Balaban J connectivity index is 1.03. The van der Waals surface area contributed by atoms with Gasteiger partial charge in [0.15, 0.2) is 0 Å². The van der Waals surface area contributed by atoms with Crippen molar-refractivity contribution >= 4 is 11.0 Å². The van der Waals surface area contributed by atoms with Crippen molar-refractivity contribution in [3.8, 4) is 11.4 Å². The zero-order valence-electron chi connectivity index (χ0n) is 32.2. The van der Waals surface area contributed by atoms with Crippen molar-refractivity contribution in [1.29, 1.82) is 0 Å². The van der Waals surface area contributed by atoms with Crippen molar-refractivity contribution in [2.24, 2.45) is 0 Å². The van der Waals surface area contributed by atoms with Gasteiger partial charge in [-0.25, -0.2) is 0 Å². The summed E-state index contributed by atoms with van der Waals surface area (Å²) in [6.07, 6.45) is 43.6. The Morgan fingerprint density at radius 1 is 0.469 bits per heavy atom. The number of hydrogen-bond acceptors (Lipinski definition) is 3. The fourth-order valence-corrected chi connectivity index (χ4v) is 7.48. The maximum absolute atomic E-state index is 11.0. The molecule has 0 aliphatic carbocycles. The molecule has 1 heterocycles. The highest BCUT2D eigenvalue weighted by atomic mass is 16.3. The zero-order valence-corrected chi connectivity index (χ0v) is 32.2. The summed E-state index contributed by atoms with van der Waals surface area (Å²) in [4.78, 5) is 1.58. The normalized spacial score (nSPS) is 11.6. The van der Waals surface area contributed by atoms with Crippen molar-refractivity contribution in [3.05, 3.63) is 47.5 Å². The van der Waals surface area contributed by atoms with Crippen LogP contribution in [0.1, 0.15) is 211 Å². The van der Waals surface area contributed by atoms with Crippen LogP contribution in [0.5, 0.6) is 5.75 Å². The van der Waals surface area contributed by atoms with E-state index in [4.69, 9.17) is 0 Å². The van der Waals surface area contributed by atoms with Crippen molar-refractivity contribution in [2.45, 2.75) is 213 Å². The number of hydrogen-bond donors (Lipinski definition) is 1. The van der Waals surface area contributed by atoms with E-state index < -0.39 is 0 Å². The van der Waals surface area contributed by atoms with Gasteiger partial charge in [-0.05, 0) is 49.1 Å². The Hall–Kier alpha value is -2.36. The Morgan fingerprint density at radius 2 is 0.796 bits per heavy atom. The molecule has 1 N–H and O–H groups in total. The van der Waals surface area contributed by atoms with Gasteiger partial charge in [-0.3, -0.25) is 0 Å². The minimum Gasteiger partial charge on any atom is -0.505 e. The van der Waals surface area contributed by atoms with Crippen LogP contribution in [0.3, 0.4) is 0 Å². The van der Waals surface area contributed by atoms with Crippen LogP contribution >= 0.6 is 0 Å². The lowest BCUT2D eigenvalue weighted by Gasteiger charge is -2.11. The van der Waals surface area contributed by atoms with E-state index >= 15 is 0 Å². The zero-order chi connectivity index (χ0) is 34.6. The summed E-state index contributed by atoms with van der Waals surface area (Å²) >= 11 is 0. The van der Waals surface area contributed by atoms with E-state index in [0.717, 1.165) is 35.0 Å². The number of phenols is 1. The second kappa shape index (κ2) is 27.4. The predicted molar refractivity (Wildman–Crippen MR) is 213 cm³/mol. The summed E-state index contributed by atoms with van der Waals surface area (Å²) in [5, 5.41) is 20.2. The molecule has 0 unspecified atom stereocenters. The van der Waals surface area contributed by atoms with E-state index in [2.05, 4.69) is 30.1 Å². The van der Waals surface area contributed by atoms with Crippen LogP contribution in [0.15, 0.2) is 36.4 Å². The summed E-state index contributed by atoms with van der Waals surface area (Å²) in [5.74, 6) is 0.321. The summed E-state index contributed by atoms with van der Waals surface area (Å²) in [7, 11) is 0. The Kier molecular flexibility index (Phi) is 22.9. The molecule has 2 aromatic carbocycles. The quantitative estimate of drug-likeness (QED) is 0.0671. The lowest BCUT2D eigenvalue weighted by Crippen LogP contribution is -2.02. The Morgan fingerprint density at radius 3 is 1.14 bits per heavy atom. The van der Waals surface area contributed by atoms with Crippen LogP contribution in [-0.2, 0) is 6.42 Å². The number of fused-ring (bicyclic) bond motifs is 1. The first kappa shape index (κ1) is 41.1. The highest BCUT2D eigenvalue weighted by molar-refractivity contribution is 5.73. The van der Waals surface area contributed by atoms with E-state index in [1.54, 1.807) is 4.80 Å². The van der Waals surface area contributed by atoms with Crippen molar-refractivity contribution in [3.63, 3.8) is 0 Å². The minimum atomic E-state index is 0.321. The molecule has 49 heavy (non-hydrogen) atoms. The van der Waals surface area contributed by atoms with Crippen molar-refractivity contribution < 1.29 is 5.11 Å². The van der Waals surface area contributed by atoms with Gasteiger partial charge in [-0.15, -0.1) is 15.0 Å². The molecule has 0 bridgehead atoms. The highest BCUT2D eigenvalue weighted by Crippen LogP contribution is 2.29. The van der Waals surface area contributed by atoms with Crippen molar-refractivity contribution in [2.75, 3.05) is 0 Å². The molecule has 0 atom stereocenters. The molecule has 3 rings (SSSR count). The monoisotopic (exact) mass is 674 g/mol. The first-order valence-electron chi connectivity index (χ1n) is 21.3. The van der Waals surface area contributed by atoms with E-state index in [1.807, 2.05) is 30.3 Å². The van der Waals surface area contributed by atoms with Gasteiger partial charge in [0.1, 0.15) is 22.5 Å². The van der Waals surface area contributed by atoms with Gasteiger partial charge in [0.25, 0.3) is 0 Å². The molecule has 0 fully saturated rings. The molecule has 276 valence electrons. The van der Waals surface area contributed by atoms with Crippen LogP contribution < -0.4 is 0 Å². The van der Waals surface area contributed by atoms with E-state index in [1.165, 1.54) is 186 Å². The molecule has 0 spiro atoms. The fraction of sp³-hybridized carbons (Fsp3) is 0.733. The molecule has 0 saturated carbocycles. The molecule has 1 aromatic heterocycles. The number of rotatable bonds is 32. The third-order valence-corrected chi connectivity index (χ3v) is 10.6. The van der Waals surface area contributed by atoms with Gasteiger partial charge < -0.3 is 5.11 Å². The lowest BCUT2D eigenvalue weighted by atomic mass is 10.0. The SMILES string of the molecule is CCCCCCCCCCCCCCCCCCCCCCCCCCCCCCCCc1cc(C)cc(-n2nc3ccccc3n2)c1O. The van der Waals surface area contributed by atoms with Gasteiger partial charge in [0.2, 0.25) is 0 Å². The minimum absolute atomic E-state index is 0.321. The Bertz CT molecular complexity index is 1180. The molecule has 0 amide bonds. The number of unbranched alkanes of at least 4 members (excludes halogenated alkanes) is 29. The van der Waals surface area contributed by atoms with Gasteiger partial charge in [-0.2, -0.15) is 0 Å². The highest BCUT2D eigenvalue weighted by Gasteiger charge is 2.13. The largest absolute Gasteiger partial charge is 0.505 e. The smallest absolute Gasteiger partial charge is 0.146 e. The number of aromatic nitrogens is 3. The average molecular weight is 674 g/mol. The summed E-state index contributed by atoms with van der Waals surface area (Å²) < 4.78 is 0. The average Bonchev–Trinajstić information content (AvgIpc) is 3.54. The summed E-state index contributed by atoms with van der Waals surface area (Å²) in [6.45, 7) is 4.39. The van der Waals surface area contributed by atoms with Gasteiger partial charge in [0, 0.05) is 0 Å². The van der Waals surface area contributed by atoms with Crippen molar-refractivity contribution in [1.82, 2.24) is 15.0 Å². The number of benzene rings is 2. The third kappa shape index (κ3) is 18.4. The molecule has 0 saturated heterocycles. The number of aryl methyl sites for hydroxylation is 2. The molecule has 3 aromatic rings. The second-order valence-electron chi connectivity index (χ2n) is 15.3. The molecule has 0 aliphatic heterocycles. The molecule has 0 radical (unpaired) electrons. The van der Waals surface area contributed by atoms with E-state index in [9.17, 15) is 5.11 Å². The predicted octanol–water partition coefficient (Wildman–Crippen LogP) is 14.7. The summed E-state index contributed by atoms with van der Waals surface area (Å²) in [5.41, 5.74) is 4.51. The van der Waals surface area contributed by atoms with Gasteiger partial charge in [-0.1, -0.05) is 211 Å². The molecule has 0 aliphatic rings.